The third-order valence-electron chi connectivity index (χ3n) is 2.46. The zero-order valence-corrected chi connectivity index (χ0v) is 7.36. The van der Waals surface area contributed by atoms with E-state index in [0.29, 0.717) is 18.5 Å². The summed E-state index contributed by atoms with van der Waals surface area (Å²) in [6.45, 7) is 0. The monoisotopic (exact) mass is 205 g/mol. The lowest BCUT2D eigenvalue weighted by molar-refractivity contribution is -0.142. The SMILES string of the molecule is NC1CCCc2[nH]nc(C(F)(F)F)c21. The van der Waals surface area contributed by atoms with Crippen molar-refractivity contribution in [2.45, 2.75) is 31.5 Å². The van der Waals surface area contributed by atoms with E-state index in [2.05, 4.69) is 10.2 Å². The Bertz CT molecular complexity index is 342. The van der Waals surface area contributed by atoms with E-state index in [4.69, 9.17) is 5.73 Å². The van der Waals surface area contributed by atoms with Gasteiger partial charge < -0.3 is 5.73 Å². The second-order valence-electron chi connectivity index (χ2n) is 3.46. The lowest BCUT2D eigenvalue weighted by Crippen LogP contribution is -2.20. The Morgan fingerprint density at radius 2 is 2.14 bits per heavy atom. The summed E-state index contributed by atoms with van der Waals surface area (Å²) in [5, 5.41) is 5.70. The van der Waals surface area contributed by atoms with Crippen molar-refractivity contribution in [2.75, 3.05) is 0 Å². The van der Waals surface area contributed by atoms with Gasteiger partial charge in [0.15, 0.2) is 5.69 Å². The van der Waals surface area contributed by atoms with Crippen molar-refractivity contribution in [3.05, 3.63) is 17.0 Å². The van der Waals surface area contributed by atoms with Gasteiger partial charge in [-0.1, -0.05) is 0 Å². The first-order valence-corrected chi connectivity index (χ1v) is 4.40. The van der Waals surface area contributed by atoms with E-state index < -0.39 is 17.9 Å². The van der Waals surface area contributed by atoms with Crippen LogP contribution in [0.2, 0.25) is 0 Å². The zero-order chi connectivity index (χ0) is 10.3. The lowest BCUT2D eigenvalue weighted by Gasteiger charge is -2.19. The van der Waals surface area contributed by atoms with E-state index in [-0.39, 0.29) is 5.56 Å². The van der Waals surface area contributed by atoms with Gasteiger partial charge in [-0.3, -0.25) is 5.10 Å². The first kappa shape index (κ1) is 9.51. The van der Waals surface area contributed by atoms with Crippen molar-refractivity contribution < 1.29 is 13.2 Å². The first-order valence-electron chi connectivity index (χ1n) is 4.40. The van der Waals surface area contributed by atoms with Gasteiger partial charge in [-0.05, 0) is 19.3 Å². The quantitative estimate of drug-likeness (QED) is 0.678. The van der Waals surface area contributed by atoms with Gasteiger partial charge in [0.2, 0.25) is 0 Å². The van der Waals surface area contributed by atoms with Crippen LogP contribution in [-0.4, -0.2) is 10.2 Å². The molecule has 3 N–H and O–H groups in total. The van der Waals surface area contributed by atoms with Crippen molar-refractivity contribution in [1.29, 1.82) is 0 Å². The Labute approximate surface area is 78.5 Å². The molecule has 0 radical (unpaired) electrons. The van der Waals surface area contributed by atoms with Gasteiger partial charge in [0.05, 0.1) is 0 Å². The maximum Gasteiger partial charge on any atom is 0.435 e. The molecule has 14 heavy (non-hydrogen) atoms. The number of fused-ring (bicyclic) bond motifs is 1. The van der Waals surface area contributed by atoms with Crippen LogP contribution in [0.15, 0.2) is 0 Å². The van der Waals surface area contributed by atoms with Gasteiger partial charge in [-0.2, -0.15) is 18.3 Å². The fourth-order valence-electron chi connectivity index (χ4n) is 1.84. The predicted molar refractivity (Wildman–Crippen MR) is 43.5 cm³/mol. The van der Waals surface area contributed by atoms with Crippen molar-refractivity contribution in [1.82, 2.24) is 10.2 Å². The third-order valence-corrected chi connectivity index (χ3v) is 2.46. The van der Waals surface area contributed by atoms with Crippen LogP contribution in [0.1, 0.15) is 35.8 Å². The summed E-state index contributed by atoms with van der Waals surface area (Å²) in [6, 6.07) is -0.533. The highest BCUT2D eigenvalue weighted by atomic mass is 19.4. The van der Waals surface area contributed by atoms with Crippen LogP contribution in [0.3, 0.4) is 0 Å². The molecular weight excluding hydrogens is 195 g/mol. The Balaban J connectivity index is 2.49. The van der Waals surface area contributed by atoms with Gasteiger partial charge >= 0.3 is 6.18 Å². The lowest BCUT2D eigenvalue weighted by atomic mass is 9.91. The van der Waals surface area contributed by atoms with Crippen molar-refractivity contribution in [3.8, 4) is 0 Å². The third kappa shape index (κ3) is 1.39. The molecule has 2 rings (SSSR count). The smallest absolute Gasteiger partial charge is 0.324 e. The number of nitrogens with two attached hydrogens (primary N) is 1. The average Bonchev–Trinajstić information content (AvgIpc) is 2.47. The van der Waals surface area contributed by atoms with E-state index in [0.717, 1.165) is 6.42 Å². The fourth-order valence-corrected chi connectivity index (χ4v) is 1.84. The van der Waals surface area contributed by atoms with Crippen molar-refractivity contribution >= 4 is 0 Å². The molecule has 78 valence electrons. The topological polar surface area (TPSA) is 54.7 Å². The number of halogens is 3. The molecule has 1 atom stereocenters. The summed E-state index contributed by atoms with van der Waals surface area (Å²) in [5.41, 5.74) is 5.48. The van der Waals surface area contributed by atoms with E-state index in [1.807, 2.05) is 0 Å². The maximum absolute atomic E-state index is 12.4. The van der Waals surface area contributed by atoms with Crippen LogP contribution in [-0.2, 0) is 12.6 Å². The molecule has 0 saturated carbocycles. The Morgan fingerprint density at radius 3 is 2.79 bits per heavy atom. The standard InChI is InChI=1S/C8H10F3N3/c9-8(10,11)7-6-4(12)2-1-3-5(6)13-14-7/h4H,1-3,12H2,(H,13,14). The first-order chi connectivity index (χ1) is 6.50. The van der Waals surface area contributed by atoms with Crippen LogP contribution >= 0.6 is 0 Å². The number of hydrogen-bond donors (Lipinski definition) is 2. The number of alkyl halides is 3. The van der Waals surface area contributed by atoms with E-state index in [1.165, 1.54) is 0 Å². The number of nitrogens with zero attached hydrogens (tertiary/aromatic N) is 1. The molecule has 0 aliphatic heterocycles. The van der Waals surface area contributed by atoms with Gasteiger partial charge in [0.1, 0.15) is 0 Å². The zero-order valence-electron chi connectivity index (χ0n) is 7.36. The molecule has 0 fully saturated rings. The second kappa shape index (κ2) is 2.98. The van der Waals surface area contributed by atoms with Crippen LogP contribution in [0.4, 0.5) is 13.2 Å². The fraction of sp³-hybridized carbons (Fsp3) is 0.625. The number of nitrogens with one attached hydrogen (secondary N) is 1. The van der Waals surface area contributed by atoms with Gasteiger partial charge in [0, 0.05) is 17.3 Å². The maximum atomic E-state index is 12.4. The largest absolute Gasteiger partial charge is 0.435 e. The summed E-state index contributed by atoms with van der Waals surface area (Å²) in [6.07, 6.45) is -2.39. The molecular formula is C8H10F3N3. The van der Waals surface area contributed by atoms with Crippen LogP contribution in [0.5, 0.6) is 0 Å². The van der Waals surface area contributed by atoms with Crippen molar-refractivity contribution in [3.63, 3.8) is 0 Å². The van der Waals surface area contributed by atoms with Crippen LogP contribution in [0.25, 0.3) is 0 Å². The second-order valence-corrected chi connectivity index (χ2v) is 3.46. The molecule has 1 aliphatic rings. The predicted octanol–water partition coefficient (Wildman–Crippen LogP) is 1.76. The molecule has 1 aromatic rings. The summed E-state index contributed by atoms with van der Waals surface area (Å²) >= 11 is 0. The highest BCUT2D eigenvalue weighted by Gasteiger charge is 2.40. The Hall–Kier alpha value is -1.04. The number of aryl methyl sites for hydroxylation is 1. The number of aromatic amines is 1. The Kier molecular flexibility index (Phi) is 2.02. The minimum atomic E-state index is -4.40. The van der Waals surface area contributed by atoms with Gasteiger partial charge in [-0.25, -0.2) is 0 Å². The number of aromatic nitrogens is 2. The molecule has 1 unspecified atom stereocenters. The minimum Gasteiger partial charge on any atom is -0.324 e. The van der Waals surface area contributed by atoms with Gasteiger partial charge in [0.25, 0.3) is 0 Å². The highest BCUT2D eigenvalue weighted by Crippen LogP contribution is 2.37. The molecule has 0 spiro atoms. The molecule has 1 aliphatic carbocycles. The summed E-state index contributed by atoms with van der Waals surface area (Å²) in [4.78, 5) is 0. The number of rotatable bonds is 0. The Morgan fingerprint density at radius 1 is 1.43 bits per heavy atom. The van der Waals surface area contributed by atoms with Gasteiger partial charge in [-0.15, -0.1) is 0 Å². The molecule has 1 aromatic heterocycles. The normalized spacial score (nSPS) is 22.1. The van der Waals surface area contributed by atoms with E-state index in [1.54, 1.807) is 0 Å². The average molecular weight is 205 g/mol. The molecule has 1 heterocycles. The molecule has 0 amide bonds. The molecule has 3 nitrogen and oxygen atoms in total. The van der Waals surface area contributed by atoms with Crippen molar-refractivity contribution in [2.24, 2.45) is 5.73 Å². The summed E-state index contributed by atoms with van der Waals surface area (Å²) < 4.78 is 37.3. The molecule has 0 aromatic carbocycles. The molecule has 0 saturated heterocycles. The van der Waals surface area contributed by atoms with E-state index >= 15 is 0 Å². The van der Waals surface area contributed by atoms with Crippen LogP contribution < -0.4 is 5.73 Å². The molecule has 0 bridgehead atoms. The summed E-state index contributed by atoms with van der Waals surface area (Å²) in [5.74, 6) is 0. The molecule has 6 heteroatoms. The summed E-state index contributed by atoms with van der Waals surface area (Å²) in [7, 11) is 0. The minimum absolute atomic E-state index is 0.156. The van der Waals surface area contributed by atoms with E-state index in [9.17, 15) is 13.2 Å². The number of H-pyrrole nitrogens is 1. The van der Waals surface area contributed by atoms with Crippen LogP contribution in [0, 0.1) is 0 Å². The highest BCUT2D eigenvalue weighted by molar-refractivity contribution is 5.32. The number of hydrogen-bond acceptors (Lipinski definition) is 2.